The first-order valence-corrected chi connectivity index (χ1v) is 9.11. The van der Waals surface area contributed by atoms with E-state index < -0.39 is 0 Å². The molecule has 1 heterocycles. The fourth-order valence-corrected chi connectivity index (χ4v) is 6.12. The summed E-state index contributed by atoms with van der Waals surface area (Å²) in [5.74, 6) is 0.648. The number of hydrogen-bond donors (Lipinski definition) is 0. The monoisotopic (exact) mass is 398 g/mol. The van der Waals surface area contributed by atoms with Gasteiger partial charge in [-0.2, -0.15) is 0 Å². The number of rotatable bonds is 2. The molecule has 1 aliphatic rings. The summed E-state index contributed by atoms with van der Waals surface area (Å²) in [6.45, 7) is 0. The van der Waals surface area contributed by atoms with E-state index in [0.29, 0.717) is 5.92 Å². The van der Waals surface area contributed by atoms with Crippen molar-refractivity contribution in [1.82, 2.24) is 0 Å². The highest BCUT2D eigenvalue weighted by Gasteiger charge is 2.24. The van der Waals surface area contributed by atoms with Crippen LogP contribution in [0.2, 0.25) is 0 Å². The van der Waals surface area contributed by atoms with E-state index in [1.54, 1.807) is 11.3 Å². The molecule has 0 amide bonds. The first-order valence-electron chi connectivity index (χ1n) is 6.27. The molecule has 1 aliphatic carbocycles. The molecule has 4 heteroatoms. The molecule has 0 aromatic carbocycles. The number of alkyl halides is 1. The fourth-order valence-electron chi connectivity index (χ4n) is 2.58. The van der Waals surface area contributed by atoms with Crippen molar-refractivity contribution < 1.29 is 0 Å². The average Bonchev–Trinajstić information content (AvgIpc) is 2.56. The standard InChI is InChI=1S/C13H17Br2ClS/c14-11-8-10(13(15)17-11)12(16)9-6-4-2-1-3-5-7-9/h8-9,12H,1-7H2. The maximum absolute atomic E-state index is 6.69. The van der Waals surface area contributed by atoms with E-state index in [4.69, 9.17) is 11.6 Å². The van der Waals surface area contributed by atoms with Crippen LogP contribution in [0, 0.1) is 5.92 Å². The molecule has 0 radical (unpaired) electrons. The van der Waals surface area contributed by atoms with Crippen LogP contribution in [0.25, 0.3) is 0 Å². The molecule has 96 valence electrons. The zero-order valence-corrected chi connectivity index (χ0v) is 14.5. The van der Waals surface area contributed by atoms with Crippen LogP contribution in [-0.2, 0) is 0 Å². The topological polar surface area (TPSA) is 0 Å². The molecule has 0 nitrogen and oxygen atoms in total. The molecule has 0 N–H and O–H groups in total. The van der Waals surface area contributed by atoms with Crippen LogP contribution in [-0.4, -0.2) is 0 Å². The molecule has 2 rings (SSSR count). The Labute approximate surface area is 129 Å². The zero-order valence-electron chi connectivity index (χ0n) is 9.72. The van der Waals surface area contributed by atoms with Gasteiger partial charge in [-0.05, 0) is 62.2 Å². The normalized spacial score (nSPS) is 20.9. The van der Waals surface area contributed by atoms with Crippen molar-refractivity contribution in [3.63, 3.8) is 0 Å². The summed E-state index contributed by atoms with van der Waals surface area (Å²) in [5.41, 5.74) is 1.27. The summed E-state index contributed by atoms with van der Waals surface area (Å²) in [4.78, 5) is 0. The van der Waals surface area contributed by atoms with Crippen molar-refractivity contribution >= 4 is 54.8 Å². The van der Waals surface area contributed by atoms with Crippen molar-refractivity contribution in [2.45, 2.75) is 50.3 Å². The summed E-state index contributed by atoms with van der Waals surface area (Å²) >= 11 is 15.6. The second-order valence-corrected chi connectivity index (χ2v) is 9.01. The van der Waals surface area contributed by atoms with Crippen molar-refractivity contribution in [3.8, 4) is 0 Å². The Morgan fingerprint density at radius 3 is 2.24 bits per heavy atom. The van der Waals surface area contributed by atoms with E-state index in [-0.39, 0.29) is 5.38 Å². The van der Waals surface area contributed by atoms with E-state index in [1.807, 2.05) is 0 Å². The Bertz CT molecular complexity index is 356. The summed E-state index contributed by atoms with van der Waals surface area (Å²) in [7, 11) is 0. The smallest absolute Gasteiger partial charge is 0.0757 e. The Hall–Kier alpha value is 0.950. The minimum atomic E-state index is 0.171. The van der Waals surface area contributed by atoms with E-state index >= 15 is 0 Å². The fraction of sp³-hybridized carbons (Fsp3) is 0.692. The van der Waals surface area contributed by atoms with Gasteiger partial charge in [-0.25, -0.2) is 0 Å². The van der Waals surface area contributed by atoms with Gasteiger partial charge >= 0.3 is 0 Å². The first kappa shape index (κ1) is 14.4. The molecular weight excluding hydrogens is 383 g/mol. The van der Waals surface area contributed by atoms with Gasteiger partial charge in [0.25, 0.3) is 0 Å². The van der Waals surface area contributed by atoms with E-state index in [1.165, 1.54) is 54.3 Å². The van der Waals surface area contributed by atoms with Crippen LogP contribution in [0.1, 0.15) is 55.9 Å². The second kappa shape index (κ2) is 6.93. The molecule has 17 heavy (non-hydrogen) atoms. The predicted molar refractivity (Wildman–Crippen MR) is 84.1 cm³/mol. The van der Waals surface area contributed by atoms with Crippen molar-refractivity contribution in [2.24, 2.45) is 5.92 Å². The minimum absolute atomic E-state index is 0.171. The lowest BCUT2D eigenvalue weighted by Gasteiger charge is -2.24. The summed E-state index contributed by atoms with van der Waals surface area (Å²) in [6, 6.07) is 2.17. The third-order valence-electron chi connectivity index (χ3n) is 3.54. The highest BCUT2D eigenvalue weighted by molar-refractivity contribution is 9.12. The molecular formula is C13H17Br2ClS. The van der Waals surface area contributed by atoms with Crippen molar-refractivity contribution in [1.29, 1.82) is 0 Å². The van der Waals surface area contributed by atoms with Gasteiger partial charge in [-0.15, -0.1) is 22.9 Å². The molecule has 1 atom stereocenters. The van der Waals surface area contributed by atoms with Gasteiger partial charge < -0.3 is 0 Å². The predicted octanol–water partition coefficient (Wildman–Crippen LogP) is 6.91. The largest absolute Gasteiger partial charge is 0.121 e. The van der Waals surface area contributed by atoms with Gasteiger partial charge in [0.2, 0.25) is 0 Å². The number of halogens is 3. The van der Waals surface area contributed by atoms with Gasteiger partial charge in [0, 0.05) is 0 Å². The quantitative estimate of drug-likeness (QED) is 0.473. The van der Waals surface area contributed by atoms with Crippen LogP contribution in [0.4, 0.5) is 0 Å². The van der Waals surface area contributed by atoms with Gasteiger partial charge in [-0.1, -0.05) is 32.1 Å². The van der Waals surface area contributed by atoms with Crippen LogP contribution < -0.4 is 0 Å². The molecule has 0 saturated heterocycles. The number of thiophene rings is 1. The third kappa shape index (κ3) is 3.95. The molecule has 0 aliphatic heterocycles. The average molecular weight is 401 g/mol. The lowest BCUT2D eigenvalue weighted by atomic mass is 9.87. The molecule has 1 saturated carbocycles. The summed E-state index contributed by atoms with van der Waals surface area (Å²) in [6.07, 6.45) is 9.44. The van der Waals surface area contributed by atoms with Gasteiger partial charge in [0.05, 0.1) is 12.9 Å². The highest BCUT2D eigenvalue weighted by atomic mass is 79.9. The molecule has 0 bridgehead atoms. The van der Waals surface area contributed by atoms with Crippen LogP contribution >= 0.6 is 54.8 Å². The zero-order chi connectivity index (χ0) is 12.3. The van der Waals surface area contributed by atoms with Gasteiger partial charge in [0.1, 0.15) is 0 Å². The van der Waals surface area contributed by atoms with Crippen LogP contribution in [0.3, 0.4) is 0 Å². The van der Waals surface area contributed by atoms with Crippen molar-refractivity contribution in [3.05, 3.63) is 19.2 Å². The maximum Gasteiger partial charge on any atom is 0.0757 e. The summed E-state index contributed by atoms with van der Waals surface area (Å²) < 4.78 is 2.35. The van der Waals surface area contributed by atoms with E-state index in [0.717, 1.165) is 3.79 Å². The Kier molecular flexibility index (Phi) is 5.85. The SMILES string of the molecule is ClC(c1cc(Br)sc1Br)C1CCCCCCC1. The highest BCUT2D eigenvalue weighted by Crippen LogP contribution is 2.44. The van der Waals surface area contributed by atoms with E-state index in [9.17, 15) is 0 Å². The van der Waals surface area contributed by atoms with Gasteiger partial charge in [0.15, 0.2) is 0 Å². The van der Waals surface area contributed by atoms with Crippen LogP contribution in [0.5, 0.6) is 0 Å². The van der Waals surface area contributed by atoms with Crippen molar-refractivity contribution in [2.75, 3.05) is 0 Å². The molecule has 0 spiro atoms. The Morgan fingerprint density at radius 1 is 1.12 bits per heavy atom. The third-order valence-corrected chi connectivity index (χ3v) is 6.52. The minimum Gasteiger partial charge on any atom is -0.121 e. The lowest BCUT2D eigenvalue weighted by molar-refractivity contribution is 0.368. The molecule has 1 aromatic rings. The number of hydrogen-bond acceptors (Lipinski definition) is 1. The summed E-state index contributed by atoms with van der Waals surface area (Å²) in [5, 5.41) is 0.171. The molecule has 1 fully saturated rings. The molecule has 1 aromatic heterocycles. The second-order valence-electron chi connectivity index (χ2n) is 4.79. The van der Waals surface area contributed by atoms with Gasteiger partial charge in [-0.3, -0.25) is 0 Å². The Balaban J connectivity index is 2.06. The van der Waals surface area contributed by atoms with E-state index in [2.05, 4.69) is 37.9 Å². The Morgan fingerprint density at radius 2 is 1.71 bits per heavy atom. The maximum atomic E-state index is 6.69. The first-order chi connectivity index (χ1) is 8.18. The molecule has 1 unspecified atom stereocenters. The lowest BCUT2D eigenvalue weighted by Crippen LogP contribution is -2.10. The van der Waals surface area contributed by atoms with Crippen LogP contribution in [0.15, 0.2) is 13.6 Å².